The molecule has 3 saturated heterocycles. The number of hydrogen-bond acceptors (Lipinski definition) is 12. The Morgan fingerprint density at radius 2 is 1.13 bits per heavy atom. The summed E-state index contributed by atoms with van der Waals surface area (Å²) in [5, 5.41) is 93.4. The second-order valence-corrected chi connectivity index (χ2v) is 17.4. The van der Waals surface area contributed by atoms with Gasteiger partial charge in [-0.2, -0.15) is 0 Å². The van der Waals surface area contributed by atoms with Crippen LogP contribution < -0.4 is 21.3 Å². The fourth-order valence-electron chi connectivity index (χ4n) is 10.4. The number of allylic oxidation sites excluding steroid dienone is 5. The minimum absolute atomic E-state index is 0.0354. The molecule has 62 heavy (non-hydrogen) atoms. The summed E-state index contributed by atoms with van der Waals surface area (Å²) in [6.45, 7) is 3.27. The van der Waals surface area contributed by atoms with Gasteiger partial charge in [0.15, 0.2) is 0 Å². The van der Waals surface area contributed by atoms with Gasteiger partial charge in [-0.3, -0.25) is 38.4 Å². The van der Waals surface area contributed by atoms with Crippen LogP contribution in [0, 0.1) is 40.4 Å². The van der Waals surface area contributed by atoms with Gasteiger partial charge >= 0.3 is 47.8 Å². The van der Waals surface area contributed by atoms with Gasteiger partial charge in [-0.1, -0.05) is 6.92 Å². The zero-order valence-corrected chi connectivity index (χ0v) is 34.3. The first-order chi connectivity index (χ1) is 29.0. The van der Waals surface area contributed by atoms with Gasteiger partial charge in [0.2, 0.25) is 0 Å². The Bertz CT molecular complexity index is 2050. The fourth-order valence-corrected chi connectivity index (χ4v) is 10.4. The summed E-state index contributed by atoms with van der Waals surface area (Å²) in [5.41, 5.74) is -0.848. The van der Waals surface area contributed by atoms with Crippen LogP contribution >= 0.6 is 0 Å². The van der Waals surface area contributed by atoms with Gasteiger partial charge < -0.3 is 62.1 Å². The molecule has 0 amide bonds. The van der Waals surface area contributed by atoms with Gasteiger partial charge in [0.05, 0.1) is 25.7 Å². The van der Waals surface area contributed by atoms with Gasteiger partial charge in [0.25, 0.3) is 0 Å². The van der Waals surface area contributed by atoms with E-state index in [0.717, 1.165) is 0 Å². The molecule has 5 aliphatic heterocycles. The summed E-state index contributed by atoms with van der Waals surface area (Å²) in [6, 6.07) is -2.59. The molecule has 0 aromatic heterocycles. The van der Waals surface area contributed by atoms with Crippen molar-refractivity contribution in [3.05, 3.63) is 58.4 Å². The lowest BCUT2D eigenvalue weighted by molar-refractivity contribution is -0.141. The Balaban J connectivity index is 1.87. The molecule has 0 aromatic carbocycles. The molecular formula is C42H54N4O16. The molecule has 0 aliphatic carbocycles. The van der Waals surface area contributed by atoms with Crippen LogP contribution in [-0.4, -0.2) is 107 Å². The third kappa shape index (κ3) is 10.5. The van der Waals surface area contributed by atoms with Gasteiger partial charge in [-0.05, 0) is 74.3 Å². The number of aliphatic carboxylic acids is 8. The Hall–Kier alpha value is -6.18. The standard InChI is InChI=1S/C42H54N4O16/c1-41(17-39(59)60)23(5-9-35(51)52)29-14-27-21(11-37(55)56)19(3-7-33(47)48)25(43-27)13-26-20(4-8-34(49)50)22(12-38(57)58)28(44-26)15-31-42(2,18-40(61)62)24(6-10-36(53)54)30(46-31)16-32(41)45-29/h13-16,19-22,24-25,30-31,43-46H,3-12,17-18H2,1-2H3,(H,47,48)(H,49,50)(H,51,52)(H,53,54)(H,55,56)(H,57,58)(H,59,60)(H,61,62)/b26-13+,27-14+,28-15-,32-16-/t19-,20-,21+,22+,24-,25?,30?,31?,41+,42+/m1/s1. The number of nitrogens with one attached hydrogen (secondary N) is 4. The molecule has 5 rings (SSSR count). The summed E-state index contributed by atoms with van der Waals surface area (Å²) in [5.74, 6) is -13.6. The largest absolute Gasteiger partial charge is 0.481 e. The summed E-state index contributed by atoms with van der Waals surface area (Å²) in [6.07, 6.45) is 2.67. The van der Waals surface area contributed by atoms with Crippen molar-refractivity contribution in [3.63, 3.8) is 0 Å². The number of hydrogen-bond donors (Lipinski definition) is 12. The lowest BCUT2D eigenvalue weighted by Crippen LogP contribution is -2.38. The monoisotopic (exact) mass is 870 g/mol. The maximum atomic E-state index is 12.6. The summed E-state index contributed by atoms with van der Waals surface area (Å²) >= 11 is 0. The average Bonchev–Trinajstić information content (AvgIpc) is 3.77. The highest BCUT2D eigenvalue weighted by Gasteiger charge is 2.54. The maximum absolute atomic E-state index is 12.6. The van der Waals surface area contributed by atoms with Gasteiger partial charge in [-0.25, -0.2) is 0 Å². The van der Waals surface area contributed by atoms with Crippen molar-refractivity contribution in [3.8, 4) is 0 Å². The van der Waals surface area contributed by atoms with Crippen LogP contribution in [0.25, 0.3) is 0 Å². The minimum atomic E-state index is -1.43. The van der Waals surface area contributed by atoms with Gasteiger partial charge in [0.1, 0.15) is 0 Å². The third-order valence-electron chi connectivity index (χ3n) is 13.3. The number of rotatable bonds is 20. The average molecular weight is 871 g/mol. The fraction of sp³-hybridized carbons (Fsp3) is 0.571. The van der Waals surface area contributed by atoms with Crippen molar-refractivity contribution < 1.29 is 79.2 Å². The van der Waals surface area contributed by atoms with E-state index in [4.69, 9.17) is 0 Å². The zero-order chi connectivity index (χ0) is 45.8. The van der Waals surface area contributed by atoms with Crippen molar-refractivity contribution in [1.29, 1.82) is 0 Å². The Morgan fingerprint density at radius 3 is 1.71 bits per heavy atom. The first-order valence-corrected chi connectivity index (χ1v) is 20.4. The van der Waals surface area contributed by atoms with E-state index in [9.17, 15) is 79.2 Å². The normalized spacial score (nSPS) is 34.4. The SMILES string of the molecule is C[C@]1(CC(=O)O)C(CCC(=O)O)=C2/C=C3/NC(/C=C4/N/C(=C\C5NC(/C=C/1N2)[C@@H](CCC(=O)O)[C@]5(C)CC(=O)O)[C@@H](CC(=O)O)[C@H]4CCC(=O)O)[C@H](CCC(=O)O)[C@@H]3CC(=O)O. The first-order valence-electron chi connectivity index (χ1n) is 20.4. The van der Waals surface area contributed by atoms with Crippen molar-refractivity contribution in [2.24, 2.45) is 40.4 Å². The van der Waals surface area contributed by atoms with Crippen LogP contribution in [0.1, 0.15) is 90.9 Å². The summed E-state index contributed by atoms with van der Waals surface area (Å²) in [7, 11) is 0. The Labute approximate surface area is 355 Å². The number of carboxylic acids is 8. The topological polar surface area (TPSA) is 347 Å². The Kier molecular flexibility index (Phi) is 14.2. The summed E-state index contributed by atoms with van der Waals surface area (Å²) in [4.78, 5) is 98.2. The van der Waals surface area contributed by atoms with Crippen molar-refractivity contribution >= 4 is 47.8 Å². The molecule has 338 valence electrons. The van der Waals surface area contributed by atoms with Crippen LogP contribution in [0.5, 0.6) is 0 Å². The minimum Gasteiger partial charge on any atom is -0.481 e. The molecule has 20 heteroatoms. The molecule has 10 atom stereocenters. The van der Waals surface area contributed by atoms with Crippen molar-refractivity contribution in [2.45, 2.75) is 109 Å². The van der Waals surface area contributed by atoms with Crippen LogP contribution in [-0.2, 0) is 38.4 Å². The lowest BCUT2D eigenvalue weighted by atomic mass is 9.67. The van der Waals surface area contributed by atoms with Crippen molar-refractivity contribution in [1.82, 2.24) is 21.3 Å². The second-order valence-electron chi connectivity index (χ2n) is 17.4. The molecule has 12 N–H and O–H groups in total. The van der Waals surface area contributed by atoms with Gasteiger partial charge in [-0.15, -0.1) is 0 Å². The molecule has 20 nitrogen and oxygen atoms in total. The first kappa shape index (κ1) is 46.9. The number of fused-ring (bicyclic) bond motifs is 8. The quantitative estimate of drug-likeness (QED) is 0.0836. The van der Waals surface area contributed by atoms with E-state index in [0.29, 0.717) is 22.7 Å². The second kappa shape index (κ2) is 18.8. The molecule has 0 radical (unpaired) electrons. The van der Waals surface area contributed by atoms with E-state index in [1.165, 1.54) is 0 Å². The van der Waals surface area contributed by atoms with E-state index in [1.807, 2.05) is 0 Å². The van der Waals surface area contributed by atoms with Crippen LogP contribution in [0.2, 0.25) is 0 Å². The van der Waals surface area contributed by atoms with Crippen LogP contribution in [0.4, 0.5) is 0 Å². The van der Waals surface area contributed by atoms with E-state index in [2.05, 4.69) is 21.3 Å². The predicted molar refractivity (Wildman–Crippen MR) is 213 cm³/mol. The molecule has 3 fully saturated rings. The maximum Gasteiger partial charge on any atom is 0.304 e. The van der Waals surface area contributed by atoms with E-state index in [-0.39, 0.29) is 56.3 Å². The highest BCUT2D eigenvalue weighted by molar-refractivity contribution is 5.73. The molecular weight excluding hydrogens is 816 g/mol. The smallest absolute Gasteiger partial charge is 0.304 e. The molecule has 0 saturated carbocycles. The molecule has 5 aliphatic rings. The highest BCUT2D eigenvalue weighted by Crippen LogP contribution is 2.52. The third-order valence-corrected chi connectivity index (χ3v) is 13.3. The molecule has 5 heterocycles. The molecule has 8 bridgehead atoms. The van der Waals surface area contributed by atoms with E-state index >= 15 is 0 Å². The van der Waals surface area contributed by atoms with Gasteiger partial charge in [0, 0.05) is 101 Å². The highest BCUT2D eigenvalue weighted by atomic mass is 16.4. The molecule has 3 unspecified atom stereocenters. The Morgan fingerprint density at radius 1 is 0.565 bits per heavy atom. The zero-order valence-electron chi connectivity index (χ0n) is 34.3. The molecule has 0 spiro atoms. The van der Waals surface area contributed by atoms with E-state index < -0.39 is 138 Å². The van der Waals surface area contributed by atoms with E-state index in [1.54, 1.807) is 38.2 Å². The number of carbonyl (C=O) groups is 8. The van der Waals surface area contributed by atoms with Crippen molar-refractivity contribution in [2.75, 3.05) is 0 Å². The number of carboxylic acid groups (broad SMARTS) is 8. The summed E-state index contributed by atoms with van der Waals surface area (Å²) < 4.78 is 0. The van der Waals surface area contributed by atoms with Crippen LogP contribution in [0.3, 0.4) is 0 Å². The predicted octanol–water partition coefficient (Wildman–Crippen LogP) is 2.76. The lowest BCUT2D eigenvalue weighted by Gasteiger charge is -2.35. The van der Waals surface area contributed by atoms with Crippen LogP contribution in [0.15, 0.2) is 58.4 Å². The molecule has 0 aromatic rings.